The quantitative estimate of drug-likeness (QED) is 0.411. The third-order valence-electron chi connectivity index (χ3n) is 5.87. The number of ether oxygens (including phenoxy) is 1. The van der Waals surface area contributed by atoms with Crippen molar-refractivity contribution in [3.8, 4) is 17.7 Å². The Morgan fingerprint density at radius 1 is 1.08 bits per heavy atom. The van der Waals surface area contributed by atoms with E-state index in [0.29, 0.717) is 42.5 Å². The molecule has 180 valence electrons. The van der Waals surface area contributed by atoms with Crippen LogP contribution in [0.5, 0.6) is 11.6 Å². The van der Waals surface area contributed by atoms with Crippen molar-refractivity contribution < 1.29 is 13.9 Å². The minimum absolute atomic E-state index is 0.117. The van der Waals surface area contributed by atoms with Gasteiger partial charge in [-0.25, -0.2) is 14.5 Å². The Morgan fingerprint density at radius 2 is 1.89 bits per heavy atom. The van der Waals surface area contributed by atoms with Crippen LogP contribution in [-0.2, 0) is 0 Å². The number of nitriles is 1. The fourth-order valence-corrected chi connectivity index (χ4v) is 4.34. The summed E-state index contributed by atoms with van der Waals surface area (Å²) < 4.78 is 21.2. The molecular weight excluding hydrogens is 531 g/mol. The number of anilines is 1. The van der Waals surface area contributed by atoms with Crippen molar-refractivity contribution in [1.82, 2.24) is 20.1 Å². The first-order valence-electron chi connectivity index (χ1n) is 11.0. The number of carbonyl (C=O) groups is 1. The van der Waals surface area contributed by atoms with Crippen LogP contribution in [0.3, 0.4) is 0 Å². The molecule has 1 aliphatic rings. The van der Waals surface area contributed by atoms with E-state index in [1.165, 1.54) is 24.4 Å². The van der Waals surface area contributed by atoms with E-state index >= 15 is 0 Å². The van der Waals surface area contributed by atoms with Crippen LogP contribution in [0.2, 0.25) is 0 Å². The Labute approximate surface area is 212 Å². The Morgan fingerprint density at radius 3 is 2.61 bits per heavy atom. The number of nitrogens with zero attached hydrogens (tertiary/aromatic N) is 5. The van der Waals surface area contributed by atoms with Crippen molar-refractivity contribution in [2.45, 2.75) is 0 Å². The van der Waals surface area contributed by atoms with Crippen molar-refractivity contribution >= 4 is 38.4 Å². The van der Waals surface area contributed by atoms with Crippen LogP contribution in [-0.4, -0.2) is 52.2 Å². The minimum atomic E-state index is -0.660. The van der Waals surface area contributed by atoms with Gasteiger partial charge in [-0.2, -0.15) is 5.26 Å². The van der Waals surface area contributed by atoms with Gasteiger partial charge in [0.2, 0.25) is 5.88 Å². The van der Waals surface area contributed by atoms with Gasteiger partial charge in [0.25, 0.3) is 11.5 Å². The smallest absolute Gasteiger partial charge is 0.272 e. The van der Waals surface area contributed by atoms with Crippen molar-refractivity contribution in [3.05, 3.63) is 86.5 Å². The lowest BCUT2D eigenvalue weighted by Gasteiger charge is -2.35. The molecule has 1 aliphatic heterocycles. The van der Waals surface area contributed by atoms with Crippen LogP contribution in [0, 0.1) is 17.1 Å². The van der Waals surface area contributed by atoms with Crippen molar-refractivity contribution in [2.75, 3.05) is 31.1 Å². The number of piperazine rings is 1. The molecule has 2 aromatic heterocycles. The van der Waals surface area contributed by atoms with Gasteiger partial charge < -0.3 is 14.5 Å². The van der Waals surface area contributed by atoms with E-state index < -0.39 is 11.7 Å². The Balaban J connectivity index is 1.33. The highest BCUT2D eigenvalue weighted by molar-refractivity contribution is 9.10. The lowest BCUT2D eigenvalue weighted by molar-refractivity contribution is 0.0741. The van der Waals surface area contributed by atoms with Crippen LogP contribution in [0.4, 0.5) is 10.2 Å². The van der Waals surface area contributed by atoms with Gasteiger partial charge in [0, 0.05) is 36.8 Å². The second kappa shape index (κ2) is 9.75. The van der Waals surface area contributed by atoms with Gasteiger partial charge in [0.1, 0.15) is 23.5 Å². The van der Waals surface area contributed by atoms with Crippen LogP contribution in [0.15, 0.2) is 64.0 Å². The average Bonchev–Trinajstić information content (AvgIpc) is 2.91. The van der Waals surface area contributed by atoms with Crippen LogP contribution < -0.4 is 15.2 Å². The van der Waals surface area contributed by atoms with Crippen LogP contribution in [0.1, 0.15) is 15.9 Å². The molecule has 0 unspecified atom stereocenters. The summed E-state index contributed by atoms with van der Waals surface area (Å²) in [5.74, 6) is -0.0507. The molecule has 0 bridgehead atoms. The number of nitrogens with one attached hydrogen (secondary N) is 1. The van der Waals surface area contributed by atoms with Gasteiger partial charge in [-0.15, -0.1) is 5.10 Å². The predicted molar refractivity (Wildman–Crippen MR) is 134 cm³/mol. The number of hydrogen-bond donors (Lipinski definition) is 1. The van der Waals surface area contributed by atoms with Crippen LogP contribution in [0.25, 0.3) is 10.8 Å². The fraction of sp³-hybridized carbons (Fsp3) is 0.160. The molecule has 1 saturated heterocycles. The van der Waals surface area contributed by atoms with Gasteiger partial charge >= 0.3 is 0 Å². The third kappa shape index (κ3) is 4.63. The van der Waals surface area contributed by atoms with Gasteiger partial charge in [0.05, 0.1) is 21.9 Å². The first-order valence-corrected chi connectivity index (χ1v) is 11.8. The highest BCUT2D eigenvalue weighted by Crippen LogP contribution is 2.29. The maximum Gasteiger partial charge on any atom is 0.272 e. The molecular formula is C25H18BrFN6O3. The number of halogens is 2. The third-order valence-corrected chi connectivity index (χ3v) is 6.36. The number of hydrogen-bond acceptors (Lipinski definition) is 7. The maximum atomic E-state index is 14.7. The summed E-state index contributed by atoms with van der Waals surface area (Å²) in [5.41, 5.74) is -0.0130. The normalized spacial score (nSPS) is 13.5. The molecule has 11 heteroatoms. The average molecular weight is 549 g/mol. The zero-order chi connectivity index (χ0) is 25.2. The molecule has 0 atom stereocenters. The largest absolute Gasteiger partial charge is 0.437 e. The molecule has 0 spiro atoms. The summed E-state index contributed by atoms with van der Waals surface area (Å²) >= 11 is 3.34. The Hall–Kier alpha value is -4.30. The molecule has 9 nitrogen and oxygen atoms in total. The zero-order valence-corrected chi connectivity index (χ0v) is 20.3. The molecule has 1 amide bonds. The second-order valence-corrected chi connectivity index (χ2v) is 9.00. The fourth-order valence-electron chi connectivity index (χ4n) is 3.98. The molecule has 0 radical (unpaired) electrons. The summed E-state index contributed by atoms with van der Waals surface area (Å²) in [6, 6.07) is 14.5. The number of aromatic nitrogens is 3. The van der Waals surface area contributed by atoms with E-state index in [9.17, 15) is 14.0 Å². The Kier molecular flexibility index (Phi) is 6.35. The molecule has 2 aromatic carbocycles. The first-order chi connectivity index (χ1) is 17.4. The SMILES string of the molecule is N#Cc1ccc(N2CCN(C(=O)c3cc(Oc4n[nH]c(=O)c5cc(Br)ccc45)ccc3F)CC2)nc1. The minimum Gasteiger partial charge on any atom is -0.437 e. The highest BCUT2D eigenvalue weighted by atomic mass is 79.9. The number of rotatable bonds is 4. The van der Waals surface area contributed by atoms with Gasteiger partial charge in [-0.05, 0) is 48.5 Å². The van der Waals surface area contributed by atoms with Crippen molar-refractivity contribution in [3.63, 3.8) is 0 Å². The summed E-state index contributed by atoms with van der Waals surface area (Å²) in [6.45, 7) is 1.80. The number of amides is 1. The molecule has 1 fully saturated rings. The molecule has 3 heterocycles. The van der Waals surface area contributed by atoms with E-state index in [1.807, 2.05) is 11.0 Å². The topological polar surface area (TPSA) is 115 Å². The van der Waals surface area contributed by atoms with Crippen LogP contribution >= 0.6 is 15.9 Å². The van der Waals surface area contributed by atoms with Gasteiger partial charge in [-0.1, -0.05) is 15.9 Å². The summed E-state index contributed by atoms with van der Waals surface area (Å²) in [6.07, 6.45) is 1.51. The van der Waals surface area contributed by atoms with E-state index in [-0.39, 0.29) is 22.8 Å². The molecule has 5 rings (SSSR count). The first kappa shape index (κ1) is 23.4. The molecule has 4 aromatic rings. The lowest BCUT2D eigenvalue weighted by Crippen LogP contribution is -2.49. The maximum absolute atomic E-state index is 14.7. The summed E-state index contributed by atoms with van der Waals surface area (Å²) in [7, 11) is 0. The van der Waals surface area contributed by atoms with Gasteiger partial charge in [-0.3, -0.25) is 9.59 Å². The van der Waals surface area contributed by atoms with E-state index in [1.54, 1.807) is 35.2 Å². The van der Waals surface area contributed by atoms with Crippen molar-refractivity contribution in [2.24, 2.45) is 0 Å². The summed E-state index contributed by atoms with van der Waals surface area (Å²) in [5, 5.41) is 16.1. The zero-order valence-electron chi connectivity index (χ0n) is 18.7. The standard InChI is InChI=1S/C25H18BrFN6O3/c26-16-2-4-18-19(11-16)23(34)30-31-24(18)36-17-3-5-21(27)20(12-17)25(35)33-9-7-32(8-10-33)22-6-1-15(13-28)14-29-22/h1-6,11-12,14H,7-10H2,(H,30,34). The molecule has 1 N–H and O–H groups in total. The number of fused-ring (bicyclic) bond motifs is 1. The van der Waals surface area contributed by atoms with E-state index in [4.69, 9.17) is 10.00 Å². The van der Waals surface area contributed by atoms with Crippen molar-refractivity contribution in [1.29, 1.82) is 5.26 Å². The lowest BCUT2D eigenvalue weighted by atomic mass is 10.1. The second-order valence-electron chi connectivity index (χ2n) is 8.09. The summed E-state index contributed by atoms with van der Waals surface area (Å²) in [4.78, 5) is 33.1. The number of aromatic amines is 1. The monoisotopic (exact) mass is 548 g/mol. The van der Waals surface area contributed by atoms with E-state index in [0.717, 1.165) is 10.3 Å². The van der Waals surface area contributed by atoms with E-state index in [2.05, 4.69) is 31.1 Å². The Bertz CT molecular complexity index is 1560. The predicted octanol–water partition coefficient (Wildman–Crippen LogP) is 3.85. The number of pyridine rings is 1. The molecule has 0 aliphatic carbocycles. The molecule has 0 saturated carbocycles. The molecule has 36 heavy (non-hydrogen) atoms. The number of carbonyl (C=O) groups excluding carboxylic acids is 1. The van der Waals surface area contributed by atoms with Gasteiger partial charge in [0.15, 0.2) is 0 Å². The number of H-pyrrole nitrogens is 1. The number of benzene rings is 2. The highest BCUT2D eigenvalue weighted by Gasteiger charge is 2.25.